The summed E-state index contributed by atoms with van der Waals surface area (Å²) < 4.78 is 27.5. The predicted octanol–water partition coefficient (Wildman–Crippen LogP) is 1.11. The van der Waals surface area contributed by atoms with Crippen molar-refractivity contribution in [1.29, 1.82) is 0 Å². The van der Waals surface area contributed by atoms with Crippen LogP contribution in [0.15, 0.2) is 11.2 Å². The molecule has 0 bridgehead atoms. The molecule has 0 aliphatic heterocycles. The Kier molecular flexibility index (Phi) is 3.66. The number of aromatic nitrogens is 2. The predicted molar refractivity (Wildman–Crippen MR) is 68.5 cm³/mol. The molecule has 7 heteroatoms. The molecule has 2 rings (SSSR count). The highest BCUT2D eigenvalue weighted by Crippen LogP contribution is 2.32. The van der Waals surface area contributed by atoms with Crippen LogP contribution >= 0.6 is 11.6 Å². The van der Waals surface area contributed by atoms with Crippen molar-refractivity contribution in [3.63, 3.8) is 0 Å². The van der Waals surface area contributed by atoms with Crippen molar-refractivity contribution in [3.05, 3.63) is 11.2 Å². The van der Waals surface area contributed by atoms with Gasteiger partial charge in [0.25, 0.3) is 10.0 Å². The van der Waals surface area contributed by atoms with Gasteiger partial charge in [-0.05, 0) is 18.8 Å². The van der Waals surface area contributed by atoms with Gasteiger partial charge in [-0.3, -0.25) is 4.68 Å². The Bertz CT molecular complexity index is 564. The van der Waals surface area contributed by atoms with Gasteiger partial charge in [0.1, 0.15) is 0 Å². The number of rotatable bonds is 5. The summed E-state index contributed by atoms with van der Waals surface area (Å²) in [5, 5.41) is 3.97. The molecule has 5 nitrogen and oxygen atoms in total. The maximum Gasteiger partial charge on any atom is 0.262 e. The zero-order valence-corrected chi connectivity index (χ0v) is 11.6. The Balaban J connectivity index is 2.35. The molecule has 0 spiro atoms. The van der Waals surface area contributed by atoms with Crippen LogP contribution < -0.4 is 0 Å². The van der Waals surface area contributed by atoms with Gasteiger partial charge >= 0.3 is 0 Å². The fraction of sp³-hybridized carbons (Fsp3) is 0.545. The van der Waals surface area contributed by atoms with Crippen molar-refractivity contribution in [2.45, 2.75) is 17.9 Å². The molecule has 0 saturated heterocycles. The summed E-state index contributed by atoms with van der Waals surface area (Å²) in [5.74, 6) is 2.80. The quantitative estimate of drug-likeness (QED) is 0.762. The van der Waals surface area contributed by atoms with Crippen LogP contribution in [-0.2, 0) is 17.1 Å². The fourth-order valence-corrected chi connectivity index (χ4v) is 3.78. The van der Waals surface area contributed by atoms with Crippen molar-refractivity contribution >= 4 is 21.6 Å². The average Bonchev–Trinajstić information content (AvgIpc) is 3.03. The highest BCUT2D eigenvalue weighted by atomic mass is 35.5. The second kappa shape index (κ2) is 4.92. The zero-order valence-electron chi connectivity index (χ0n) is 10.0. The standard InChI is InChI=1S/C11H14ClN3O2S/c1-3-6-15(8-9-4-5-9)18(16,17)11-10(12)7-13-14(11)2/h1,7,9H,4-6,8H2,2H3. The molecule has 1 heterocycles. The molecule has 1 aliphatic rings. The normalized spacial score (nSPS) is 15.9. The van der Waals surface area contributed by atoms with Crippen molar-refractivity contribution in [1.82, 2.24) is 14.1 Å². The van der Waals surface area contributed by atoms with E-state index in [0.717, 1.165) is 12.8 Å². The van der Waals surface area contributed by atoms with E-state index >= 15 is 0 Å². The van der Waals surface area contributed by atoms with E-state index in [1.165, 1.54) is 15.2 Å². The Morgan fingerprint density at radius 1 is 1.67 bits per heavy atom. The highest BCUT2D eigenvalue weighted by Gasteiger charge is 2.34. The number of sulfonamides is 1. The van der Waals surface area contributed by atoms with E-state index in [1.807, 2.05) is 0 Å². The lowest BCUT2D eigenvalue weighted by Gasteiger charge is -2.19. The average molecular weight is 288 g/mol. The maximum atomic E-state index is 12.5. The van der Waals surface area contributed by atoms with Gasteiger partial charge in [0.05, 0.1) is 17.8 Å². The van der Waals surface area contributed by atoms with Crippen LogP contribution in [-0.4, -0.2) is 35.6 Å². The molecule has 18 heavy (non-hydrogen) atoms. The first-order valence-electron chi connectivity index (χ1n) is 5.58. The first-order chi connectivity index (χ1) is 8.46. The van der Waals surface area contributed by atoms with Crippen LogP contribution in [0.25, 0.3) is 0 Å². The molecule has 1 aromatic rings. The van der Waals surface area contributed by atoms with Crippen LogP contribution in [0, 0.1) is 18.3 Å². The summed E-state index contributed by atoms with van der Waals surface area (Å²) in [7, 11) is -2.13. The third-order valence-electron chi connectivity index (χ3n) is 2.85. The summed E-state index contributed by atoms with van der Waals surface area (Å²) in [6.45, 7) is 0.508. The molecule has 0 N–H and O–H groups in total. The van der Waals surface area contributed by atoms with Gasteiger partial charge in [0, 0.05) is 13.6 Å². The van der Waals surface area contributed by atoms with Crippen LogP contribution in [0.2, 0.25) is 5.02 Å². The summed E-state index contributed by atoms with van der Waals surface area (Å²) in [6, 6.07) is 0. The summed E-state index contributed by atoms with van der Waals surface area (Å²) in [5.41, 5.74) is 0. The van der Waals surface area contributed by atoms with Crippen LogP contribution in [0.4, 0.5) is 0 Å². The largest absolute Gasteiger partial charge is 0.262 e. The second-order valence-electron chi connectivity index (χ2n) is 4.37. The summed E-state index contributed by atoms with van der Waals surface area (Å²) in [4.78, 5) is 0. The van der Waals surface area contributed by atoms with Crippen molar-refractivity contribution in [2.75, 3.05) is 13.1 Å². The van der Waals surface area contributed by atoms with E-state index < -0.39 is 10.0 Å². The zero-order chi connectivity index (χ0) is 13.3. The van der Waals surface area contributed by atoms with Crippen LogP contribution in [0.5, 0.6) is 0 Å². The number of aryl methyl sites for hydroxylation is 1. The molecular weight excluding hydrogens is 274 g/mol. The molecule has 0 aromatic carbocycles. The van der Waals surface area contributed by atoms with Crippen molar-refractivity contribution in [2.24, 2.45) is 13.0 Å². The van der Waals surface area contributed by atoms with Gasteiger partial charge in [-0.1, -0.05) is 17.5 Å². The maximum absolute atomic E-state index is 12.5. The van der Waals surface area contributed by atoms with Gasteiger partial charge in [-0.2, -0.15) is 9.40 Å². The van der Waals surface area contributed by atoms with Crippen molar-refractivity contribution < 1.29 is 8.42 Å². The lowest BCUT2D eigenvalue weighted by atomic mass is 10.4. The molecular formula is C11H14ClN3O2S. The van der Waals surface area contributed by atoms with E-state index in [2.05, 4.69) is 11.0 Å². The van der Waals surface area contributed by atoms with Gasteiger partial charge in [-0.15, -0.1) is 6.42 Å². The van der Waals surface area contributed by atoms with Crippen LogP contribution in [0.1, 0.15) is 12.8 Å². The van der Waals surface area contributed by atoms with E-state index in [9.17, 15) is 8.42 Å². The first kappa shape index (κ1) is 13.4. The topological polar surface area (TPSA) is 55.2 Å². The molecule has 0 unspecified atom stereocenters. The smallest absolute Gasteiger partial charge is 0.255 e. The van der Waals surface area contributed by atoms with Crippen molar-refractivity contribution in [3.8, 4) is 12.3 Å². The van der Waals surface area contributed by atoms with Gasteiger partial charge in [-0.25, -0.2) is 8.42 Å². The van der Waals surface area contributed by atoms with Gasteiger partial charge in [0.15, 0.2) is 5.03 Å². The number of terminal acetylenes is 1. The monoisotopic (exact) mass is 287 g/mol. The molecule has 1 aliphatic carbocycles. The minimum atomic E-state index is -3.68. The molecule has 0 atom stereocenters. The van der Waals surface area contributed by atoms with E-state index in [0.29, 0.717) is 12.5 Å². The molecule has 1 saturated carbocycles. The first-order valence-corrected chi connectivity index (χ1v) is 7.39. The minimum Gasteiger partial charge on any atom is -0.255 e. The van der Waals surface area contributed by atoms with E-state index in [-0.39, 0.29) is 16.6 Å². The van der Waals surface area contributed by atoms with Gasteiger partial charge in [0.2, 0.25) is 0 Å². The Morgan fingerprint density at radius 2 is 2.33 bits per heavy atom. The lowest BCUT2D eigenvalue weighted by molar-refractivity contribution is 0.423. The lowest BCUT2D eigenvalue weighted by Crippen LogP contribution is -2.34. The molecule has 1 aromatic heterocycles. The number of nitrogens with zero attached hydrogens (tertiary/aromatic N) is 3. The SMILES string of the molecule is C#CCN(CC1CC1)S(=O)(=O)c1c(Cl)cnn1C. The van der Waals surface area contributed by atoms with E-state index in [4.69, 9.17) is 18.0 Å². The summed E-state index contributed by atoms with van der Waals surface area (Å²) in [6.07, 6.45) is 8.66. The Hall–Kier alpha value is -1.03. The number of halogens is 1. The third-order valence-corrected chi connectivity index (χ3v) is 5.17. The molecule has 0 radical (unpaired) electrons. The fourth-order valence-electron chi connectivity index (χ4n) is 1.75. The highest BCUT2D eigenvalue weighted by molar-refractivity contribution is 7.89. The minimum absolute atomic E-state index is 0.0000617. The molecule has 0 amide bonds. The van der Waals surface area contributed by atoms with E-state index in [1.54, 1.807) is 7.05 Å². The molecule has 1 fully saturated rings. The Labute approximate surface area is 112 Å². The summed E-state index contributed by atoms with van der Waals surface area (Å²) >= 11 is 5.89. The number of hydrogen-bond acceptors (Lipinski definition) is 3. The Morgan fingerprint density at radius 3 is 2.78 bits per heavy atom. The number of hydrogen-bond donors (Lipinski definition) is 0. The third kappa shape index (κ3) is 2.53. The second-order valence-corrected chi connectivity index (χ2v) is 6.63. The molecule has 98 valence electrons. The van der Waals surface area contributed by atoms with Gasteiger partial charge < -0.3 is 0 Å². The van der Waals surface area contributed by atoms with Crippen LogP contribution in [0.3, 0.4) is 0 Å².